The maximum atomic E-state index is 5.85. The van der Waals surface area contributed by atoms with Gasteiger partial charge in [0, 0.05) is 10.6 Å². The smallest absolute Gasteiger partial charge is 0.137 e. The van der Waals surface area contributed by atoms with Crippen molar-refractivity contribution in [2.45, 2.75) is 0 Å². The second kappa shape index (κ2) is 3.74. The predicted octanol–water partition coefficient (Wildman–Crippen LogP) is 3.62. The van der Waals surface area contributed by atoms with Crippen LogP contribution < -0.4 is 0 Å². The van der Waals surface area contributed by atoms with E-state index in [4.69, 9.17) is 11.6 Å². The molecule has 0 spiro atoms. The molecular formula is C8H4BrClN2S. The molecule has 5 heteroatoms. The van der Waals surface area contributed by atoms with Gasteiger partial charge in [-0.05, 0) is 28.1 Å². The van der Waals surface area contributed by atoms with Crippen molar-refractivity contribution in [3.8, 4) is 10.6 Å². The number of hydrogen-bond acceptors (Lipinski definition) is 3. The molecular weight excluding hydrogens is 272 g/mol. The summed E-state index contributed by atoms with van der Waals surface area (Å²) in [5.41, 5.74) is 0.996. The zero-order chi connectivity index (χ0) is 9.26. The highest BCUT2D eigenvalue weighted by molar-refractivity contribution is 9.11. The van der Waals surface area contributed by atoms with Crippen molar-refractivity contribution in [1.29, 1.82) is 0 Å². The van der Waals surface area contributed by atoms with E-state index in [2.05, 4.69) is 26.1 Å². The quantitative estimate of drug-likeness (QED) is 0.794. The van der Waals surface area contributed by atoms with E-state index in [1.165, 1.54) is 11.3 Å². The summed E-state index contributed by atoms with van der Waals surface area (Å²) in [6.45, 7) is 0. The summed E-state index contributed by atoms with van der Waals surface area (Å²) in [5, 5.41) is 9.44. The summed E-state index contributed by atoms with van der Waals surface area (Å²) in [4.78, 5) is 0. The second-order valence-corrected chi connectivity index (χ2v) is 5.06. The van der Waals surface area contributed by atoms with Crippen molar-refractivity contribution in [1.82, 2.24) is 10.2 Å². The molecule has 0 radical (unpaired) electrons. The molecule has 0 N–H and O–H groups in total. The van der Waals surface area contributed by atoms with Gasteiger partial charge in [-0.1, -0.05) is 35.1 Å². The molecule has 1 aromatic heterocycles. The summed E-state index contributed by atoms with van der Waals surface area (Å²) >= 11 is 10.6. The monoisotopic (exact) mass is 274 g/mol. The highest BCUT2D eigenvalue weighted by Crippen LogP contribution is 2.27. The maximum Gasteiger partial charge on any atom is 0.183 e. The first-order valence-corrected chi connectivity index (χ1v) is 5.49. The Hall–Kier alpha value is -0.450. The molecule has 66 valence electrons. The van der Waals surface area contributed by atoms with Gasteiger partial charge < -0.3 is 0 Å². The van der Waals surface area contributed by atoms with E-state index in [9.17, 15) is 0 Å². The van der Waals surface area contributed by atoms with Crippen molar-refractivity contribution < 1.29 is 0 Å². The first-order valence-electron chi connectivity index (χ1n) is 3.50. The lowest BCUT2D eigenvalue weighted by atomic mass is 10.2. The first-order chi connectivity index (χ1) is 6.25. The van der Waals surface area contributed by atoms with Crippen molar-refractivity contribution >= 4 is 38.9 Å². The first kappa shape index (κ1) is 9.12. The van der Waals surface area contributed by atoms with Gasteiger partial charge >= 0.3 is 0 Å². The van der Waals surface area contributed by atoms with Gasteiger partial charge in [-0.25, -0.2) is 0 Å². The summed E-state index contributed by atoms with van der Waals surface area (Å²) in [7, 11) is 0. The van der Waals surface area contributed by atoms with Crippen LogP contribution >= 0.6 is 38.9 Å². The average molecular weight is 276 g/mol. The Balaban J connectivity index is 2.46. The SMILES string of the molecule is Clc1cccc(-c2nnc(Br)s2)c1. The fourth-order valence-electron chi connectivity index (χ4n) is 0.943. The van der Waals surface area contributed by atoms with Gasteiger partial charge in [0.15, 0.2) is 3.92 Å². The molecule has 0 amide bonds. The van der Waals surface area contributed by atoms with E-state index in [1.807, 2.05) is 24.3 Å². The third-order valence-electron chi connectivity index (χ3n) is 1.47. The second-order valence-electron chi connectivity index (χ2n) is 2.37. The van der Waals surface area contributed by atoms with Crippen molar-refractivity contribution in [3.63, 3.8) is 0 Å². The fourth-order valence-corrected chi connectivity index (χ4v) is 2.24. The zero-order valence-corrected chi connectivity index (χ0v) is 9.53. The maximum absolute atomic E-state index is 5.85. The van der Waals surface area contributed by atoms with Crippen LogP contribution in [0.4, 0.5) is 0 Å². The summed E-state index contributed by atoms with van der Waals surface area (Å²) in [5.74, 6) is 0. The fraction of sp³-hybridized carbons (Fsp3) is 0. The van der Waals surface area contributed by atoms with Gasteiger partial charge in [0.1, 0.15) is 5.01 Å². The van der Waals surface area contributed by atoms with Crippen LogP contribution in [0.5, 0.6) is 0 Å². The van der Waals surface area contributed by atoms with Crippen LogP contribution in [-0.4, -0.2) is 10.2 Å². The minimum atomic E-state index is 0.712. The topological polar surface area (TPSA) is 25.8 Å². The van der Waals surface area contributed by atoms with Gasteiger partial charge in [0.05, 0.1) is 0 Å². The molecule has 13 heavy (non-hydrogen) atoms. The van der Waals surface area contributed by atoms with Crippen LogP contribution in [0.1, 0.15) is 0 Å². The zero-order valence-electron chi connectivity index (χ0n) is 6.37. The molecule has 0 fully saturated rings. The number of hydrogen-bond donors (Lipinski definition) is 0. The molecule has 2 rings (SSSR count). The third kappa shape index (κ3) is 2.07. The van der Waals surface area contributed by atoms with Gasteiger partial charge in [0.2, 0.25) is 0 Å². The Morgan fingerprint density at radius 1 is 1.31 bits per heavy atom. The molecule has 0 unspecified atom stereocenters. The van der Waals surface area contributed by atoms with E-state index in [0.29, 0.717) is 5.02 Å². The van der Waals surface area contributed by atoms with E-state index in [-0.39, 0.29) is 0 Å². The lowest BCUT2D eigenvalue weighted by Crippen LogP contribution is -1.75. The summed E-state index contributed by atoms with van der Waals surface area (Å²) < 4.78 is 0.780. The molecule has 0 saturated heterocycles. The Labute approximate surface area is 92.7 Å². The van der Waals surface area contributed by atoms with Crippen LogP contribution in [0.3, 0.4) is 0 Å². The lowest BCUT2D eigenvalue weighted by Gasteiger charge is -1.94. The third-order valence-corrected chi connectivity index (χ3v) is 3.11. The molecule has 0 atom stereocenters. The van der Waals surface area contributed by atoms with Crippen molar-refractivity contribution in [3.05, 3.63) is 33.2 Å². The van der Waals surface area contributed by atoms with Gasteiger partial charge in [-0.15, -0.1) is 10.2 Å². The predicted molar refractivity (Wildman–Crippen MR) is 58.1 cm³/mol. The highest BCUT2D eigenvalue weighted by atomic mass is 79.9. The largest absolute Gasteiger partial charge is 0.183 e. The highest BCUT2D eigenvalue weighted by Gasteiger charge is 2.04. The molecule has 1 heterocycles. The molecule has 2 aromatic rings. The number of rotatable bonds is 1. The van der Waals surface area contributed by atoms with Crippen LogP contribution in [0.25, 0.3) is 10.6 Å². The molecule has 2 nitrogen and oxygen atoms in total. The van der Waals surface area contributed by atoms with E-state index < -0.39 is 0 Å². The summed E-state index contributed by atoms with van der Waals surface area (Å²) in [6.07, 6.45) is 0. The van der Waals surface area contributed by atoms with Crippen LogP contribution in [-0.2, 0) is 0 Å². The number of nitrogens with zero attached hydrogens (tertiary/aromatic N) is 2. The standard InChI is InChI=1S/C8H4BrClN2S/c9-8-12-11-7(13-8)5-2-1-3-6(10)4-5/h1-4H. The average Bonchev–Trinajstić information content (AvgIpc) is 2.52. The van der Waals surface area contributed by atoms with E-state index >= 15 is 0 Å². The number of aromatic nitrogens is 2. The number of benzene rings is 1. The van der Waals surface area contributed by atoms with Gasteiger partial charge in [0.25, 0.3) is 0 Å². The van der Waals surface area contributed by atoms with Crippen molar-refractivity contribution in [2.75, 3.05) is 0 Å². The van der Waals surface area contributed by atoms with E-state index in [0.717, 1.165) is 14.5 Å². The van der Waals surface area contributed by atoms with Gasteiger partial charge in [-0.3, -0.25) is 0 Å². The normalized spacial score (nSPS) is 10.3. The Kier molecular flexibility index (Phi) is 2.62. The molecule has 0 aliphatic heterocycles. The molecule has 0 bridgehead atoms. The molecule has 0 aliphatic rings. The Morgan fingerprint density at radius 2 is 2.15 bits per heavy atom. The van der Waals surface area contributed by atoms with Crippen LogP contribution in [0, 0.1) is 0 Å². The molecule has 0 saturated carbocycles. The minimum Gasteiger partial charge on any atom is -0.137 e. The van der Waals surface area contributed by atoms with Crippen LogP contribution in [0.2, 0.25) is 5.02 Å². The Bertz CT molecular complexity index is 430. The minimum absolute atomic E-state index is 0.712. The Morgan fingerprint density at radius 3 is 2.77 bits per heavy atom. The van der Waals surface area contributed by atoms with Gasteiger partial charge in [-0.2, -0.15) is 0 Å². The van der Waals surface area contributed by atoms with E-state index in [1.54, 1.807) is 0 Å². The summed E-state index contributed by atoms with van der Waals surface area (Å²) in [6, 6.07) is 7.56. The number of halogens is 2. The molecule has 1 aromatic carbocycles. The molecule has 0 aliphatic carbocycles. The van der Waals surface area contributed by atoms with Crippen molar-refractivity contribution in [2.24, 2.45) is 0 Å². The van der Waals surface area contributed by atoms with Crippen LogP contribution in [0.15, 0.2) is 28.2 Å². The lowest BCUT2D eigenvalue weighted by molar-refractivity contribution is 1.08.